The second kappa shape index (κ2) is 32.3. The third kappa shape index (κ3) is 25.7. The van der Waals surface area contributed by atoms with Crippen molar-refractivity contribution in [2.75, 3.05) is 151 Å². The first-order valence-electron chi connectivity index (χ1n) is 21.1. The fourth-order valence-electron chi connectivity index (χ4n) is 6.46. The summed E-state index contributed by atoms with van der Waals surface area (Å²) in [6, 6.07) is 32.0. The van der Waals surface area contributed by atoms with Crippen molar-refractivity contribution in [3.8, 4) is 0 Å². The van der Waals surface area contributed by atoms with Crippen LogP contribution in [0.3, 0.4) is 0 Å². The van der Waals surface area contributed by atoms with Crippen molar-refractivity contribution in [3.63, 3.8) is 0 Å². The van der Waals surface area contributed by atoms with E-state index in [-0.39, 0.29) is 0 Å². The van der Waals surface area contributed by atoms with Crippen LogP contribution in [0.2, 0.25) is 0 Å². The van der Waals surface area contributed by atoms with Gasteiger partial charge in [0.25, 0.3) is 0 Å². The Morgan fingerprint density at radius 2 is 0.804 bits per heavy atom. The van der Waals surface area contributed by atoms with Crippen molar-refractivity contribution < 1.29 is 4.74 Å². The Bertz CT molecular complexity index is 1300. The summed E-state index contributed by atoms with van der Waals surface area (Å²) in [5.74, 6) is 3.52. The van der Waals surface area contributed by atoms with Gasteiger partial charge in [-0.05, 0) is 156 Å². The molecule has 0 atom stereocenters. The van der Waals surface area contributed by atoms with Crippen LogP contribution in [-0.4, -0.2) is 180 Å². The van der Waals surface area contributed by atoms with Gasteiger partial charge in [0.05, 0.1) is 13.2 Å². The van der Waals surface area contributed by atoms with E-state index in [1.54, 1.807) is 0 Å². The van der Waals surface area contributed by atoms with Crippen LogP contribution < -0.4 is 0 Å². The number of hydrogen-bond acceptors (Lipinski definition) is 10. The lowest BCUT2D eigenvalue weighted by Crippen LogP contribution is -2.38. The predicted octanol–water partition coefficient (Wildman–Crippen LogP) is 8.29. The summed E-state index contributed by atoms with van der Waals surface area (Å²) in [6.07, 6.45) is 6.63. The smallest absolute Gasteiger partial charge is 0.0594 e. The Morgan fingerprint density at radius 1 is 0.446 bits per heavy atom. The van der Waals surface area contributed by atoms with Crippen LogP contribution in [0.25, 0.3) is 0 Å². The average molecular weight is 825 g/mol. The maximum Gasteiger partial charge on any atom is 0.0594 e. The van der Waals surface area contributed by atoms with Crippen LogP contribution in [-0.2, 0) is 4.74 Å². The lowest BCUT2D eigenvalue weighted by molar-refractivity contribution is 0.0365. The molecule has 10 heteroatoms. The average Bonchev–Trinajstić information content (AvgIpc) is 3.74. The molecular weight excluding hydrogens is 749 g/mol. The Kier molecular flexibility index (Phi) is 28.1. The molecule has 0 radical (unpaired) electrons. The number of benzene rings is 3. The van der Waals surface area contributed by atoms with Crippen LogP contribution in [0.15, 0.2) is 106 Å². The van der Waals surface area contributed by atoms with Gasteiger partial charge in [-0.25, -0.2) is 0 Å². The highest BCUT2D eigenvalue weighted by molar-refractivity contribution is 7.99. The Morgan fingerprint density at radius 3 is 1.18 bits per heavy atom. The van der Waals surface area contributed by atoms with Crippen molar-refractivity contribution in [2.24, 2.45) is 0 Å². The monoisotopic (exact) mass is 825 g/mol. The molecule has 2 aliphatic rings. The normalized spacial score (nSPS) is 14.9. The molecular formula is C46H76N6OS3. The summed E-state index contributed by atoms with van der Waals surface area (Å²) in [5, 5.41) is 0. The number of morpholine rings is 1. The lowest BCUT2D eigenvalue weighted by atomic mass is 10.3. The molecule has 2 fully saturated rings. The maximum absolute atomic E-state index is 5.37. The molecule has 3 aromatic rings. The molecule has 314 valence electrons. The number of rotatable bonds is 24. The molecule has 0 saturated carbocycles. The van der Waals surface area contributed by atoms with Gasteiger partial charge < -0.3 is 29.2 Å². The summed E-state index contributed by atoms with van der Waals surface area (Å²) in [7, 11) is 10.9. The van der Waals surface area contributed by atoms with Crippen LogP contribution in [0.4, 0.5) is 0 Å². The minimum atomic E-state index is 0.906. The van der Waals surface area contributed by atoms with E-state index < -0.39 is 0 Å². The number of ether oxygens (including phenoxy) is 1. The second-order valence-electron chi connectivity index (χ2n) is 15.3. The van der Waals surface area contributed by atoms with Crippen LogP contribution in [0.5, 0.6) is 0 Å². The van der Waals surface area contributed by atoms with Crippen LogP contribution in [0, 0.1) is 0 Å². The number of likely N-dealkylation sites (tertiary alicyclic amines) is 1. The largest absolute Gasteiger partial charge is 0.379 e. The highest BCUT2D eigenvalue weighted by Crippen LogP contribution is 2.18. The molecule has 0 N–H and O–H groups in total. The van der Waals surface area contributed by atoms with Gasteiger partial charge in [0.1, 0.15) is 0 Å². The first-order chi connectivity index (χ1) is 27.4. The second-order valence-corrected chi connectivity index (χ2v) is 18.8. The third-order valence-electron chi connectivity index (χ3n) is 9.93. The van der Waals surface area contributed by atoms with E-state index in [0.717, 1.165) is 45.1 Å². The van der Waals surface area contributed by atoms with Crippen molar-refractivity contribution in [3.05, 3.63) is 91.0 Å². The molecule has 0 amide bonds. The molecule has 2 aliphatic heterocycles. The zero-order chi connectivity index (χ0) is 39.9. The van der Waals surface area contributed by atoms with E-state index in [1.165, 1.54) is 117 Å². The fourth-order valence-corrected chi connectivity index (χ4v) is 9.42. The highest BCUT2D eigenvalue weighted by atomic mass is 32.2. The van der Waals surface area contributed by atoms with E-state index in [1.807, 2.05) is 35.3 Å². The van der Waals surface area contributed by atoms with E-state index in [0.29, 0.717) is 0 Å². The summed E-state index contributed by atoms with van der Waals surface area (Å²) >= 11 is 5.83. The van der Waals surface area contributed by atoms with Gasteiger partial charge in [-0.3, -0.25) is 4.90 Å². The van der Waals surface area contributed by atoms with Crippen LogP contribution >= 0.6 is 35.3 Å². The number of thioether (sulfide) groups is 3. The fraction of sp³-hybridized carbons (Fsp3) is 0.609. The molecule has 3 aromatic carbocycles. The van der Waals surface area contributed by atoms with Gasteiger partial charge in [-0.15, -0.1) is 35.3 Å². The highest BCUT2D eigenvalue weighted by Gasteiger charge is 2.11. The van der Waals surface area contributed by atoms with E-state index in [9.17, 15) is 0 Å². The third-order valence-corrected chi connectivity index (χ3v) is 12.9. The lowest BCUT2D eigenvalue weighted by Gasteiger charge is -2.27. The SMILES string of the molecule is CN(C)CCCN(C)CCSc1ccccc1.CN(CCCN1CCCC1)CCSc1ccccc1.CN(CCCN1CCOCC1)CCSc1ccccc1. The van der Waals surface area contributed by atoms with Crippen LogP contribution in [0.1, 0.15) is 32.1 Å². The summed E-state index contributed by atoms with van der Waals surface area (Å²) in [6.45, 7) is 17.4. The molecule has 0 aromatic heterocycles. The van der Waals surface area contributed by atoms with Gasteiger partial charge in [-0.1, -0.05) is 54.6 Å². The molecule has 0 bridgehead atoms. The van der Waals surface area contributed by atoms with Gasteiger partial charge in [-0.2, -0.15) is 0 Å². The Balaban J connectivity index is 0.000000226. The van der Waals surface area contributed by atoms with Crippen molar-refractivity contribution in [1.29, 1.82) is 0 Å². The Labute approximate surface area is 356 Å². The summed E-state index contributed by atoms with van der Waals surface area (Å²) in [4.78, 5) is 18.8. The minimum absolute atomic E-state index is 0.906. The zero-order valence-corrected chi connectivity index (χ0v) is 38.2. The first-order valence-corrected chi connectivity index (χ1v) is 24.1. The molecule has 56 heavy (non-hydrogen) atoms. The van der Waals surface area contributed by atoms with Crippen molar-refractivity contribution in [2.45, 2.75) is 46.8 Å². The molecule has 2 heterocycles. The van der Waals surface area contributed by atoms with Gasteiger partial charge in [0.15, 0.2) is 0 Å². The predicted molar refractivity (Wildman–Crippen MR) is 249 cm³/mol. The molecule has 7 nitrogen and oxygen atoms in total. The molecule has 5 rings (SSSR count). The van der Waals surface area contributed by atoms with Crippen molar-refractivity contribution in [1.82, 2.24) is 29.4 Å². The van der Waals surface area contributed by atoms with Crippen molar-refractivity contribution >= 4 is 35.3 Å². The molecule has 2 saturated heterocycles. The first kappa shape index (κ1) is 48.8. The summed E-state index contributed by atoms with van der Waals surface area (Å²) in [5.41, 5.74) is 0. The maximum atomic E-state index is 5.37. The minimum Gasteiger partial charge on any atom is -0.379 e. The van der Waals surface area contributed by atoms with Gasteiger partial charge in [0.2, 0.25) is 0 Å². The quantitative estimate of drug-likeness (QED) is 0.0823. The molecule has 0 spiro atoms. The summed E-state index contributed by atoms with van der Waals surface area (Å²) < 4.78 is 5.37. The number of hydrogen-bond donors (Lipinski definition) is 0. The van der Waals surface area contributed by atoms with Gasteiger partial charge in [0, 0.05) is 64.7 Å². The standard InChI is InChI=1S/C16H26N2OS.C16H26N2S.C14H24N2S/c1-17(8-5-9-18-10-13-19-14-11-18)12-15-20-16-6-3-2-4-7-16;1-17(10-7-13-18-11-5-6-12-18)14-15-19-16-8-3-2-4-9-16;1-15(2)10-7-11-16(3)12-13-17-14-8-5-4-6-9-14/h2-4,6-7H,5,8-15H2,1H3;2-4,8-9H,5-7,10-15H2,1H3;4-6,8-9H,7,10-13H2,1-3H3. The van der Waals surface area contributed by atoms with E-state index >= 15 is 0 Å². The van der Waals surface area contributed by atoms with E-state index in [2.05, 4.69) is 156 Å². The zero-order valence-electron chi connectivity index (χ0n) is 35.7. The topological polar surface area (TPSA) is 28.7 Å². The number of nitrogens with zero attached hydrogens (tertiary/aromatic N) is 6. The van der Waals surface area contributed by atoms with E-state index in [4.69, 9.17) is 4.74 Å². The molecule has 0 aliphatic carbocycles. The van der Waals surface area contributed by atoms with Gasteiger partial charge >= 0.3 is 0 Å². The Hall–Kier alpha value is -1.57. The molecule has 0 unspecified atom stereocenters.